The molecule has 1 amide bonds. The van der Waals surface area contributed by atoms with Gasteiger partial charge >= 0.3 is 5.91 Å². The molecule has 4 heteroatoms. The average Bonchev–Trinajstić information content (AvgIpc) is 2.51. The van der Waals surface area contributed by atoms with E-state index in [1.165, 1.54) is 57.8 Å². The van der Waals surface area contributed by atoms with Crippen molar-refractivity contribution in [2.24, 2.45) is 0 Å². The van der Waals surface area contributed by atoms with E-state index in [0.29, 0.717) is 13.0 Å². The highest BCUT2D eigenvalue weighted by molar-refractivity contribution is 6.18. The molecule has 23 heavy (non-hydrogen) atoms. The molecule has 1 unspecified atom stereocenters. The maximum atomic E-state index is 12.2. The molecule has 0 aromatic carbocycles. The Bertz CT molecular complexity index is 295. The number of quaternary nitrogens is 1. The van der Waals surface area contributed by atoms with Crippen molar-refractivity contribution in [2.45, 2.75) is 90.1 Å². The van der Waals surface area contributed by atoms with E-state index < -0.39 is 6.10 Å². The number of hydrogen-bond donors (Lipinski definition) is 1. The number of amides is 1. The molecule has 0 aromatic rings. The summed E-state index contributed by atoms with van der Waals surface area (Å²) in [4.78, 5) is 12.2. The lowest BCUT2D eigenvalue weighted by molar-refractivity contribution is -0.817. The smallest absolute Gasteiger partial charge is 0.313 e. The highest BCUT2D eigenvalue weighted by Crippen LogP contribution is 2.13. The van der Waals surface area contributed by atoms with Gasteiger partial charge in [-0.25, -0.2) is 4.79 Å². The van der Waals surface area contributed by atoms with E-state index in [0.717, 1.165) is 12.8 Å². The molecular formula is C19H39ClNO2+. The van der Waals surface area contributed by atoms with Crippen molar-refractivity contribution >= 4 is 17.5 Å². The van der Waals surface area contributed by atoms with Gasteiger partial charge in [0.1, 0.15) is 12.6 Å². The second kappa shape index (κ2) is 14.2. The van der Waals surface area contributed by atoms with Crippen molar-refractivity contribution in [3.05, 3.63) is 0 Å². The fraction of sp³-hybridized carbons (Fsp3) is 0.947. The van der Waals surface area contributed by atoms with Crippen LogP contribution >= 0.6 is 11.6 Å². The number of carbonyl (C=O) groups is 1. The lowest BCUT2D eigenvalue weighted by Gasteiger charge is -2.28. The number of nitrogens with zero attached hydrogens (tertiary/aromatic N) is 1. The van der Waals surface area contributed by atoms with Crippen LogP contribution in [-0.4, -0.2) is 48.1 Å². The molecule has 1 atom stereocenters. The number of carbonyl (C=O) groups excluding carboxylic acids is 1. The van der Waals surface area contributed by atoms with Crippen molar-refractivity contribution in [1.82, 2.24) is 0 Å². The monoisotopic (exact) mass is 348 g/mol. The van der Waals surface area contributed by atoms with Crippen LogP contribution in [0.5, 0.6) is 0 Å². The molecule has 0 saturated carbocycles. The Hall–Kier alpha value is -0.120. The van der Waals surface area contributed by atoms with Gasteiger partial charge in [-0.15, -0.1) is 11.6 Å². The first-order valence-corrected chi connectivity index (χ1v) is 10.1. The predicted molar refractivity (Wildman–Crippen MR) is 99.8 cm³/mol. The number of rotatable bonds is 15. The fourth-order valence-electron chi connectivity index (χ4n) is 2.92. The van der Waals surface area contributed by atoms with Crippen LogP contribution < -0.4 is 0 Å². The molecule has 0 fully saturated rings. The van der Waals surface area contributed by atoms with Gasteiger partial charge in [0, 0.05) is 0 Å². The van der Waals surface area contributed by atoms with Crippen LogP contribution in [0, 0.1) is 0 Å². The second-order valence-electron chi connectivity index (χ2n) is 7.35. The molecule has 0 aliphatic heterocycles. The summed E-state index contributed by atoms with van der Waals surface area (Å²) in [5.41, 5.74) is 0. The number of unbranched alkanes of at least 4 members (excludes halogenated alkanes) is 10. The van der Waals surface area contributed by atoms with Crippen molar-refractivity contribution in [2.75, 3.05) is 26.5 Å². The van der Waals surface area contributed by atoms with E-state index in [1.54, 1.807) is 0 Å². The van der Waals surface area contributed by atoms with Gasteiger partial charge in [0.15, 0.2) is 0 Å². The largest absolute Gasteiger partial charge is 0.386 e. The Morgan fingerprint density at radius 2 is 1.35 bits per heavy atom. The summed E-state index contributed by atoms with van der Waals surface area (Å²) < 4.78 is 0.228. The van der Waals surface area contributed by atoms with Crippen LogP contribution in [0.15, 0.2) is 0 Å². The lowest BCUT2D eigenvalue weighted by Crippen LogP contribution is -2.50. The van der Waals surface area contributed by atoms with Gasteiger partial charge in [-0.05, 0) is 6.42 Å². The quantitative estimate of drug-likeness (QED) is 0.260. The zero-order valence-corrected chi connectivity index (χ0v) is 16.4. The number of halogens is 1. The Morgan fingerprint density at radius 1 is 0.913 bits per heavy atom. The Balaban J connectivity index is 3.51. The third-order valence-electron chi connectivity index (χ3n) is 4.51. The van der Waals surface area contributed by atoms with Gasteiger partial charge in [-0.2, -0.15) is 0 Å². The maximum absolute atomic E-state index is 12.2. The SMILES string of the molecule is CCCCCCCCCCCCCC(=O)[N+](C)(C)CC(O)CCl. The highest BCUT2D eigenvalue weighted by atomic mass is 35.5. The first kappa shape index (κ1) is 22.9. The van der Waals surface area contributed by atoms with Gasteiger partial charge < -0.3 is 5.11 Å². The molecule has 138 valence electrons. The van der Waals surface area contributed by atoms with E-state index in [9.17, 15) is 9.90 Å². The van der Waals surface area contributed by atoms with Crippen molar-refractivity contribution in [1.29, 1.82) is 0 Å². The molecule has 0 radical (unpaired) electrons. The molecule has 0 bridgehead atoms. The molecule has 0 rings (SSSR count). The summed E-state index contributed by atoms with van der Waals surface area (Å²) in [6.45, 7) is 2.66. The first-order chi connectivity index (χ1) is 10.9. The fourth-order valence-corrected chi connectivity index (χ4v) is 3.02. The van der Waals surface area contributed by atoms with Gasteiger partial charge in [0.25, 0.3) is 0 Å². The normalized spacial score (nSPS) is 13.3. The van der Waals surface area contributed by atoms with Crippen LogP contribution in [0.2, 0.25) is 0 Å². The minimum absolute atomic E-state index is 0.188. The van der Waals surface area contributed by atoms with E-state index in [4.69, 9.17) is 11.6 Å². The summed E-state index contributed by atoms with van der Waals surface area (Å²) >= 11 is 5.61. The van der Waals surface area contributed by atoms with E-state index in [-0.39, 0.29) is 16.3 Å². The summed E-state index contributed by atoms with van der Waals surface area (Å²) in [6, 6.07) is 0. The maximum Gasteiger partial charge on any atom is 0.313 e. The third kappa shape index (κ3) is 12.9. The molecular weight excluding hydrogens is 310 g/mol. The van der Waals surface area contributed by atoms with Crippen LogP contribution in [0.3, 0.4) is 0 Å². The molecule has 1 N–H and O–H groups in total. The zero-order chi connectivity index (χ0) is 17.6. The van der Waals surface area contributed by atoms with Crippen LogP contribution in [-0.2, 0) is 4.79 Å². The van der Waals surface area contributed by atoms with Crippen LogP contribution in [0.25, 0.3) is 0 Å². The molecule has 0 heterocycles. The minimum atomic E-state index is -0.604. The highest BCUT2D eigenvalue weighted by Gasteiger charge is 2.28. The Kier molecular flexibility index (Phi) is 14.2. The average molecular weight is 349 g/mol. The van der Waals surface area contributed by atoms with Crippen molar-refractivity contribution in [3.8, 4) is 0 Å². The number of aliphatic hydroxyl groups excluding tert-OH is 1. The predicted octanol–water partition coefficient (Wildman–Crippen LogP) is 4.89. The summed E-state index contributed by atoms with van der Waals surface area (Å²) in [5.74, 6) is 0.387. The standard InChI is InChI=1S/C19H39ClNO2/c1-4-5-6-7-8-9-10-11-12-13-14-15-19(23)21(2,3)17-18(22)16-20/h18,22H,4-17H2,1-3H3/q+1. The second-order valence-corrected chi connectivity index (χ2v) is 7.66. The molecule has 0 aliphatic carbocycles. The first-order valence-electron chi connectivity index (χ1n) is 9.54. The Labute approximate surface area is 149 Å². The van der Waals surface area contributed by atoms with Gasteiger partial charge in [0.05, 0.1) is 26.4 Å². The minimum Gasteiger partial charge on any atom is -0.386 e. The number of aliphatic hydroxyl groups is 1. The van der Waals surface area contributed by atoms with E-state index >= 15 is 0 Å². The molecule has 0 spiro atoms. The van der Waals surface area contributed by atoms with Gasteiger partial charge in [-0.3, -0.25) is 4.48 Å². The summed E-state index contributed by atoms with van der Waals surface area (Å²) in [6.07, 6.45) is 14.2. The van der Waals surface area contributed by atoms with Crippen LogP contribution in [0.1, 0.15) is 84.0 Å². The molecule has 0 aromatic heterocycles. The Morgan fingerprint density at radius 3 is 1.78 bits per heavy atom. The van der Waals surface area contributed by atoms with Crippen molar-refractivity contribution < 1.29 is 14.4 Å². The van der Waals surface area contributed by atoms with Gasteiger partial charge in [0.2, 0.25) is 0 Å². The number of hydrogen-bond acceptors (Lipinski definition) is 2. The van der Waals surface area contributed by atoms with E-state index in [1.807, 2.05) is 14.1 Å². The van der Waals surface area contributed by atoms with Crippen molar-refractivity contribution in [3.63, 3.8) is 0 Å². The third-order valence-corrected chi connectivity index (χ3v) is 4.87. The summed E-state index contributed by atoms with van der Waals surface area (Å²) in [5, 5.41) is 9.60. The molecule has 0 aliphatic rings. The number of likely N-dealkylation sites (N-methyl/N-ethyl adjacent to an activating group) is 1. The number of alkyl halides is 1. The molecule has 0 saturated heterocycles. The molecule has 3 nitrogen and oxygen atoms in total. The topological polar surface area (TPSA) is 37.3 Å². The lowest BCUT2D eigenvalue weighted by atomic mass is 10.0. The van der Waals surface area contributed by atoms with Gasteiger partial charge in [-0.1, -0.05) is 71.1 Å². The zero-order valence-electron chi connectivity index (χ0n) is 15.7. The summed E-state index contributed by atoms with van der Waals surface area (Å²) in [7, 11) is 3.72. The van der Waals surface area contributed by atoms with Crippen LogP contribution in [0.4, 0.5) is 0 Å². The van der Waals surface area contributed by atoms with E-state index in [2.05, 4.69) is 6.92 Å².